The number of aliphatic carboxylic acids is 1. The lowest BCUT2D eigenvalue weighted by atomic mass is 10.0. The average molecular weight is 498 g/mol. The maximum Gasteiger partial charge on any atom is 0.326 e. The van der Waals surface area contributed by atoms with Crippen molar-refractivity contribution in [2.75, 3.05) is 13.2 Å². The third-order valence-corrected chi connectivity index (χ3v) is 5.78. The van der Waals surface area contributed by atoms with Crippen molar-refractivity contribution in [3.8, 4) is 11.5 Å². The minimum absolute atomic E-state index is 0.0731. The first-order valence-electron chi connectivity index (χ1n) is 11.9. The van der Waals surface area contributed by atoms with Crippen LogP contribution in [0.1, 0.15) is 48.0 Å². The lowest BCUT2D eigenvalue weighted by Gasteiger charge is -2.21. The van der Waals surface area contributed by atoms with E-state index in [9.17, 15) is 29.4 Å². The molecule has 0 unspecified atom stereocenters. The van der Waals surface area contributed by atoms with Crippen LogP contribution in [0.15, 0.2) is 48.5 Å². The van der Waals surface area contributed by atoms with Crippen LogP contribution >= 0.6 is 0 Å². The van der Waals surface area contributed by atoms with Crippen molar-refractivity contribution in [3.63, 3.8) is 0 Å². The number of aromatic hydroxyl groups is 1. The van der Waals surface area contributed by atoms with Crippen molar-refractivity contribution in [3.05, 3.63) is 59.7 Å². The van der Waals surface area contributed by atoms with Gasteiger partial charge in [0.05, 0.1) is 18.6 Å². The number of para-hydroxylation sites is 1. The molecular formula is C26H31N3O7. The predicted molar refractivity (Wildman–Crippen MR) is 131 cm³/mol. The number of carbonyl (C=O) groups is 4. The molecule has 36 heavy (non-hydrogen) atoms. The molecule has 0 radical (unpaired) electrons. The molecule has 0 bridgehead atoms. The number of nitrogens with one attached hydrogen (secondary N) is 3. The molecule has 0 saturated heterocycles. The molecule has 2 atom stereocenters. The highest BCUT2D eigenvalue weighted by Gasteiger charge is 2.28. The predicted octanol–water partition coefficient (Wildman–Crippen LogP) is 1.76. The Morgan fingerprint density at radius 2 is 1.67 bits per heavy atom. The first-order chi connectivity index (χ1) is 17.3. The maximum absolute atomic E-state index is 12.8. The van der Waals surface area contributed by atoms with Gasteiger partial charge in [0.25, 0.3) is 5.91 Å². The van der Waals surface area contributed by atoms with Crippen LogP contribution in [0.25, 0.3) is 0 Å². The molecular weight excluding hydrogens is 466 g/mol. The molecule has 1 heterocycles. The lowest BCUT2D eigenvalue weighted by molar-refractivity contribution is -0.141. The summed E-state index contributed by atoms with van der Waals surface area (Å²) in [4.78, 5) is 50.3. The molecule has 2 aromatic carbocycles. The van der Waals surface area contributed by atoms with E-state index >= 15 is 0 Å². The Balaban J connectivity index is 1.79. The van der Waals surface area contributed by atoms with Crippen LogP contribution in [-0.4, -0.2) is 59.1 Å². The summed E-state index contributed by atoms with van der Waals surface area (Å²) < 4.78 is 5.74. The number of fused-ring (bicyclic) bond motifs is 1. The van der Waals surface area contributed by atoms with Gasteiger partial charge in [0.1, 0.15) is 23.6 Å². The van der Waals surface area contributed by atoms with E-state index in [4.69, 9.17) is 4.74 Å². The standard InChI is InChI=1S/C26H31N3O7/c30-18-11-9-17(10-12-18)15-20-25(33)27-13-5-1-2-6-14-36-22-8-4-3-7-19(22)24(32)29-21(26(34)35)16-23(31)28-20/h3-4,7-12,20-21,30H,1-2,5-6,13-16H2,(H,27,33)(H,28,31)(H,29,32)(H,34,35)/t20-,21-/m0/s1. The van der Waals surface area contributed by atoms with Crippen LogP contribution in [-0.2, 0) is 20.8 Å². The first-order valence-corrected chi connectivity index (χ1v) is 11.9. The van der Waals surface area contributed by atoms with Crippen LogP contribution in [0.5, 0.6) is 11.5 Å². The number of carboxylic acid groups (broad SMARTS) is 1. The molecule has 0 aliphatic carbocycles. The zero-order valence-corrected chi connectivity index (χ0v) is 19.9. The quantitative estimate of drug-likeness (QED) is 0.433. The highest BCUT2D eigenvalue weighted by Crippen LogP contribution is 2.19. The zero-order chi connectivity index (χ0) is 25.9. The van der Waals surface area contributed by atoms with E-state index in [-0.39, 0.29) is 17.7 Å². The molecule has 3 rings (SSSR count). The minimum Gasteiger partial charge on any atom is -0.508 e. The zero-order valence-electron chi connectivity index (χ0n) is 19.9. The van der Waals surface area contributed by atoms with E-state index in [1.807, 2.05) is 0 Å². The van der Waals surface area contributed by atoms with E-state index < -0.39 is 42.2 Å². The summed E-state index contributed by atoms with van der Waals surface area (Å²) in [7, 11) is 0. The molecule has 0 spiro atoms. The van der Waals surface area contributed by atoms with Gasteiger partial charge in [-0.25, -0.2) is 4.79 Å². The van der Waals surface area contributed by atoms with Gasteiger partial charge in [0, 0.05) is 13.0 Å². The fraction of sp³-hybridized carbons (Fsp3) is 0.385. The van der Waals surface area contributed by atoms with Gasteiger partial charge in [-0.15, -0.1) is 0 Å². The van der Waals surface area contributed by atoms with Gasteiger partial charge in [-0.3, -0.25) is 14.4 Å². The Morgan fingerprint density at radius 3 is 2.42 bits per heavy atom. The number of phenolic OH excluding ortho intramolecular Hbond substituents is 1. The van der Waals surface area contributed by atoms with Gasteiger partial charge in [0.2, 0.25) is 11.8 Å². The number of benzene rings is 2. The highest BCUT2D eigenvalue weighted by atomic mass is 16.5. The van der Waals surface area contributed by atoms with Gasteiger partial charge < -0.3 is 30.9 Å². The van der Waals surface area contributed by atoms with Crippen molar-refractivity contribution in [1.29, 1.82) is 0 Å². The third-order valence-electron chi connectivity index (χ3n) is 5.78. The summed E-state index contributed by atoms with van der Waals surface area (Å²) in [6, 6.07) is 10.3. The summed E-state index contributed by atoms with van der Waals surface area (Å²) in [5, 5.41) is 26.9. The van der Waals surface area contributed by atoms with Crippen LogP contribution in [0, 0.1) is 0 Å². The van der Waals surface area contributed by atoms with Crippen LogP contribution in [0.3, 0.4) is 0 Å². The molecule has 2 aromatic rings. The summed E-state index contributed by atoms with van der Waals surface area (Å²) in [6.45, 7) is 0.814. The maximum atomic E-state index is 12.8. The molecule has 10 heteroatoms. The summed E-state index contributed by atoms with van der Waals surface area (Å²) in [5.41, 5.74) is 0.880. The second kappa shape index (κ2) is 13.1. The van der Waals surface area contributed by atoms with Crippen molar-refractivity contribution < 1.29 is 34.1 Å². The fourth-order valence-corrected chi connectivity index (χ4v) is 3.83. The van der Waals surface area contributed by atoms with Crippen molar-refractivity contribution in [2.45, 2.75) is 50.6 Å². The van der Waals surface area contributed by atoms with Gasteiger partial charge in [-0.1, -0.05) is 37.1 Å². The Morgan fingerprint density at radius 1 is 0.944 bits per heavy atom. The molecule has 1 aliphatic heterocycles. The lowest BCUT2D eigenvalue weighted by Crippen LogP contribution is -2.51. The smallest absolute Gasteiger partial charge is 0.326 e. The molecule has 1 aliphatic rings. The van der Waals surface area contributed by atoms with E-state index in [2.05, 4.69) is 16.0 Å². The molecule has 5 N–H and O–H groups in total. The largest absolute Gasteiger partial charge is 0.508 e. The number of hydrogen-bond donors (Lipinski definition) is 5. The highest BCUT2D eigenvalue weighted by molar-refractivity contribution is 6.00. The van der Waals surface area contributed by atoms with E-state index in [0.29, 0.717) is 24.5 Å². The average Bonchev–Trinajstić information content (AvgIpc) is 2.85. The molecule has 0 saturated carbocycles. The number of phenols is 1. The Bertz CT molecular complexity index is 1070. The van der Waals surface area contributed by atoms with Crippen LogP contribution in [0.2, 0.25) is 0 Å². The summed E-state index contributed by atoms with van der Waals surface area (Å²) in [6.07, 6.45) is 2.79. The normalized spacial score (nSPS) is 20.4. The Hall–Kier alpha value is -4.08. The third kappa shape index (κ3) is 8.00. The van der Waals surface area contributed by atoms with Crippen molar-refractivity contribution >= 4 is 23.7 Å². The Kier molecular flexibility index (Phi) is 9.67. The van der Waals surface area contributed by atoms with Crippen molar-refractivity contribution in [1.82, 2.24) is 16.0 Å². The van der Waals surface area contributed by atoms with Crippen LogP contribution in [0.4, 0.5) is 0 Å². The van der Waals surface area contributed by atoms with Gasteiger partial charge in [-0.2, -0.15) is 0 Å². The number of carboxylic acids is 1. The van der Waals surface area contributed by atoms with Crippen LogP contribution < -0.4 is 20.7 Å². The minimum atomic E-state index is -1.51. The van der Waals surface area contributed by atoms with Gasteiger partial charge in [-0.05, 0) is 42.7 Å². The molecule has 0 aromatic heterocycles. The molecule has 0 fully saturated rings. The number of amides is 3. The molecule has 192 valence electrons. The van der Waals surface area contributed by atoms with E-state index in [1.54, 1.807) is 30.3 Å². The topological polar surface area (TPSA) is 154 Å². The van der Waals surface area contributed by atoms with Gasteiger partial charge >= 0.3 is 5.97 Å². The second-order valence-corrected chi connectivity index (χ2v) is 8.61. The van der Waals surface area contributed by atoms with E-state index in [0.717, 1.165) is 25.7 Å². The summed E-state index contributed by atoms with van der Waals surface area (Å²) >= 11 is 0. The first kappa shape index (κ1) is 26.5. The Labute approximate surface area is 209 Å². The van der Waals surface area contributed by atoms with Crippen molar-refractivity contribution in [2.24, 2.45) is 0 Å². The fourth-order valence-electron chi connectivity index (χ4n) is 3.83. The number of ether oxygens (including phenoxy) is 1. The number of hydrogen-bond acceptors (Lipinski definition) is 6. The SMILES string of the molecule is O=C1C[C@@H](C(=O)O)NC(=O)c2ccccc2OCCCCCCNC(=O)[C@H](Cc2ccc(O)cc2)N1. The summed E-state index contributed by atoms with van der Waals surface area (Å²) in [5.74, 6) is -2.75. The second-order valence-electron chi connectivity index (χ2n) is 8.61. The number of carbonyl (C=O) groups excluding carboxylic acids is 3. The van der Waals surface area contributed by atoms with E-state index in [1.165, 1.54) is 18.2 Å². The number of rotatable bonds is 3. The van der Waals surface area contributed by atoms with Gasteiger partial charge in [0.15, 0.2) is 0 Å². The molecule has 10 nitrogen and oxygen atoms in total. The molecule has 3 amide bonds. The monoisotopic (exact) mass is 497 g/mol.